The van der Waals surface area contributed by atoms with Crippen molar-refractivity contribution in [2.24, 2.45) is 4.99 Å². The molecule has 0 radical (unpaired) electrons. The summed E-state index contributed by atoms with van der Waals surface area (Å²) in [4.78, 5) is 4.11. The number of ether oxygens (including phenoxy) is 4. The Hall–Kier alpha value is -1.50. The highest BCUT2D eigenvalue weighted by Crippen LogP contribution is 2.40. The molecular formula is C14H17ClN2O4. The first-order chi connectivity index (χ1) is 10.3. The number of rotatable bonds is 0. The lowest BCUT2D eigenvalue weighted by atomic mass is 10.1. The highest BCUT2D eigenvalue weighted by molar-refractivity contribution is 6.22. The summed E-state index contributed by atoms with van der Waals surface area (Å²) in [5, 5.41) is 3.06. The molecule has 7 heteroatoms. The van der Waals surface area contributed by atoms with E-state index in [1.54, 1.807) is 6.34 Å². The molecule has 1 aromatic rings. The van der Waals surface area contributed by atoms with Gasteiger partial charge in [-0.25, -0.2) is 0 Å². The fraction of sp³-hybridized carbons (Fsp3) is 0.500. The molecule has 2 aliphatic heterocycles. The zero-order chi connectivity index (χ0) is 14.5. The van der Waals surface area contributed by atoms with E-state index in [0.717, 1.165) is 11.3 Å². The van der Waals surface area contributed by atoms with Crippen molar-refractivity contribution in [1.82, 2.24) is 0 Å². The third-order valence-electron chi connectivity index (χ3n) is 3.14. The Morgan fingerprint density at radius 2 is 1.57 bits per heavy atom. The molecule has 1 aromatic carbocycles. The summed E-state index contributed by atoms with van der Waals surface area (Å²) in [5.41, 5.74) is 1.32. The minimum atomic E-state index is -0.420. The van der Waals surface area contributed by atoms with E-state index >= 15 is 0 Å². The minimum Gasteiger partial charge on any atom is -0.487 e. The van der Waals surface area contributed by atoms with Crippen LogP contribution in [0.4, 0.5) is 5.69 Å². The van der Waals surface area contributed by atoms with Crippen LogP contribution in [0.3, 0.4) is 0 Å². The fourth-order valence-electron chi connectivity index (χ4n) is 2.12. The van der Waals surface area contributed by atoms with Crippen molar-refractivity contribution in [3.05, 3.63) is 17.7 Å². The smallest absolute Gasteiger partial charge is 0.163 e. The number of benzene rings is 1. The van der Waals surface area contributed by atoms with Crippen LogP contribution in [0.15, 0.2) is 17.1 Å². The maximum Gasteiger partial charge on any atom is 0.163 e. The van der Waals surface area contributed by atoms with Crippen LogP contribution in [0.2, 0.25) is 0 Å². The van der Waals surface area contributed by atoms with Gasteiger partial charge in [0.1, 0.15) is 13.2 Å². The van der Waals surface area contributed by atoms with Gasteiger partial charge in [-0.05, 0) is 6.07 Å². The Morgan fingerprint density at radius 1 is 0.952 bits per heavy atom. The van der Waals surface area contributed by atoms with E-state index in [2.05, 4.69) is 10.3 Å². The SMILES string of the molecule is ClC1N=CNc2cc3c(cc21)OCCOCCOCCO3. The summed E-state index contributed by atoms with van der Waals surface area (Å²) in [6, 6.07) is 3.73. The van der Waals surface area contributed by atoms with Crippen LogP contribution in [0.1, 0.15) is 11.1 Å². The largest absolute Gasteiger partial charge is 0.487 e. The number of nitrogens with zero attached hydrogens (tertiary/aromatic N) is 1. The van der Waals surface area contributed by atoms with Crippen molar-refractivity contribution < 1.29 is 18.9 Å². The van der Waals surface area contributed by atoms with Crippen LogP contribution in [0.5, 0.6) is 11.5 Å². The molecule has 3 rings (SSSR count). The molecule has 114 valence electrons. The van der Waals surface area contributed by atoms with Crippen LogP contribution >= 0.6 is 11.6 Å². The van der Waals surface area contributed by atoms with Crippen molar-refractivity contribution in [1.29, 1.82) is 0 Å². The summed E-state index contributed by atoms with van der Waals surface area (Å²) in [6.45, 7) is 3.02. The van der Waals surface area contributed by atoms with Crippen LogP contribution in [-0.2, 0) is 9.47 Å². The van der Waals surface area contributed by atoms with Gasteiger partial charge in [-0.2, -0.15) is 0 Å². The Balaban J connectivity index is 1.84. The van der Waals surface area contributed by atoms with Crippen molar-refractivity contribution in [3.8, 4) is 11.5 Å². The van der Waals surface area contributed by atoms with Crippen molar-refractivity contribution in [2.45, 2.75) is 5.50 Å². The zero-order valence-corrected chi connectivity index (χ0v) is 12.3. The molecule has 2 heterocycles. The molecular weight excluding hydrogens is 296 g/mol. The Kier molecular flexibility index (Phi) is 4.80. The first-order valence-electron chi connectivity index (χ1n) is 6.86. The first-order valence-corrected chi connectivity index (χ1v) is 7.29. The van der Waals surface area contributed by atoms with Gasteiger partial charge in [-0.1, -0.05) is 11.6 Å². The van der Waals surface area contributed by atoms with Gasteiger partial charge in [-0.3, -0.25) is 4.99 Å². The molecule has 0 saturated heterocycles. The lowest BCUT2D eigenvalue weighted by Crippen LogP contribution is -2.16. The third kappa shape index (κ3) is 3.58. The highest BCUT2D eigenvalue weighted by Gasteiger charge is 2.19. The molecule has 21 heavy (non-hydrogen) atoms. The van der Waals surface area contributed by atoms with Gasteiger partial charge < -0.3 is 24.3 Å². The summed E-state index contributed by atoms with van der Waals surface area (Å²) in [5.74, 6) is 1.30. The summed E-state index contributed by atoms with van der Waals surface area (Å²) in [6.07, 6.45) is 1.58. The number of alkyl halides is 1. The highest BCUT2D eigenvalue weighted by atomic mass is 35.5. The summed E-state index contributed by atoms with van der Waals surface area (Å²) < 4.78 is 22.3. The molecule has 0 amide bonds. The Labute approximate surface area is 128 Å². The average Bonchev–Trinajstić information content (AvgIpc) is 2.48. The third-order valence-corrected chi connectivity index (χ3v) is 3.49. The number of anilines is 1. The number of halogens is 1. The number of aliphatic imine (C=N–C) groups is 1. The molecule has 1 atom stereocenters. The molecule has 0 aromatic heterocycles. The van der Waals surface area contributed by atoms with Crippen LogP contribution in [0.25, 0.3) is 0 Å². The van der Waals surface area contributed by atoms with Gasteiger partial charge in [0.2, 0.25) is 0 Å². The number of nitrogens with one attached hydrogen (secondary N) is 1. The van der Waals surface area contributed by atoms with Gasteiger partial charge in [-0.15, -0.1) is 0 Å². The first kappa shape index (κ1) is 14.4. The molecule has 6 nitrogen and oxygen atoms in total. The predicted octanol–water partition coefficient (Wildman–Crippen LogP) is 2.18. The Morgan fingerprint density at radius 3 is 2.29 bits per heavy atom. The molecule has 1 N–H and O–H groups in total. The van der Waals surface area contributed by atoms with Crippen LogP contribution in [-0.4, -0.2) is 46.0 Å². The van der Waals surface area contributed by atoms with E-state index in [9.17, 15) is 0 Å². The second kappa shape index (κ2) is 6.98. The zero-order valence-electron chi connectivity index (χ0n) is 11.5. The van der Waals surface area contributed by atoms with E-state index in [1.807, 2.05) is 12.1 Å². The second-order valence-corrected chi connectivity index (χ2v) is 4.98. The van der Waals surface area contributed by atoms with E-state index in [1.165, 1.54) is 0 Å². The number of hydrogen-bond acceptors (Lipinski definition) is 6. The molecule has 0 spiro atoms. The number of hydrogen-bond donors (Lipinski definition) is 1. The summed E-state index contributed by atoms with van der Waals surface area (Å²) in [7, 11) is 0. The van der Waals surface area contributed by atoms with Crippen molar-refractivity contribution in [2.75, 3.05) is 45.0 Å². The lowest BCUT2D eigenvalue weighted by Gasteiger charge is -2.21. The van der Waals surface area contributed by atoms with Gasteiger partial charge in [0, 0.05) is 17.3 Å². The minimum absolute atomic E-state index is 0.420. The maximum atomic E-state index is 6.19. The monoisotopic (exact) mass is 312 g/mol. The van der Waals surface area contributed by atoms with Gasteiger partial charge in [0.25, 0.3) is 0 Å². The van der Waals surface area contributed by atoms with Crippen molar-refractivity contribution in [3.63, 3.8) is 0 Å². The molecule has 0 aliphatic carbocycles. The van der Waals surface area contributed by atoms with Crippen molar-refractivity contribution >= 4 is 23.6 Å². The second-order valence-electron chi connectivity index (χ2n) is 4.57. The number of fused-ring (bicyclic) bond motifs is 2. The predicted molar refractivity (Wildman–Crippen MR) is 79.8 cm³/mol. The van der Waals surface area contributed by atoms with E-state index < -0.39 is 5.50 Å². The topological polar surface area (TPSA) is 61.3 Å². The molecule has 0 saturated carbocycles. The lowest BCUT2D eigenvalue weighted by molar-refractivity contribution is 0.0223. The molecule has 0 fully saturated rings. The van der Waals surface area contributed by atoms with Gasteiger partial charge in [0.05, 0.1) is 32.8 Å². The summed E-state index contributed by atoms with van der Waals surface area (Å²) >= 11 is 6.19. The molecule has 1 unspecified atom stereocenters. The van der Waals surface area contributed by atoms with E-state index in [-0.39, 0.29) is 0 Å². The fourth-order valence-corrected chi connectivity index (χ4v) is 2.36. The van der Waals surface area contributed by atoms with E-state index in [4.69, 9.17) is 30.5 Å². The van der Waals surface area contributed by atoms with Crippen LogP contribution < -0.4 is 14.8 Å². The quantitative estimate of drug-likeness (QED) is 0.588. The molecule has 2 aliphatic rings. The average molecular weight is 313 g/mol. The van der Waals surface area contributed by atoms with Gasteiger partial charge in [0.15, 0.2) is 17.0 Å². The normalized spacial score (nSPS) is 22.4. The maximum absolute atomic E-state index is 6.19. The Bertz CT molecular complexity index is 524. The van der Waals surface area contributed by atoms with Gasteiger partial charge >= 0.3 is 0 Å². The molecule has 0 bridgehead atoms. The van der Waals surface area contributed by atoms with Crippen LogP contribution in [0, 0.1) is 0 Å². The van der Waals surface area contributed by atoms with E-state index in [0.29, 0.717) is 51.1 Å². The standard InChI is InChI=1S/C14H17ClN2O4/c15-14-10-7-12-13(8-11(10)16-9-17-14)21-6-4-19-2-1-18-3-5-20-12/h7-9,14H,1-6H2,(H,16,17).